The summed E-state index contributed by atoms with van der Waals surface area (Å²) in [5.41, 5.74) is 2.38. The van der Waals surface area contributed by atoms with Crippen LogP contribution in [-0.2, 0) is 4.79 Å². The minimum Gasteiger partial charge on any atom is -0.357 e. The van der Waals surface area contributed by atoms with Crippen molar-refractivity contribution >= 4 is 40.5 Å². The second-order valence-corrected chi connectivity index (χ2v) is 7.47. The molecule has 0 radical (unpaired) electrons. The molecule has 1 unspecified atom stereocenters. The quantitative estimate of drug-likeness (QED) is 0.847. The first-order valence-electron chi connectivity index (χ1n) is 7.17. The van der Waals surface area contributed by atoms with Crippen LogP contribution in [0.4, 0.5) is 11.5 Å². The summed E-state index contributed by atoms with van der Waals surface area (Å²) in [5.74, 6) is 0.919. The number of anilines is 2. The van der Waals surface area contributed by atoms with Gasteiger partial charge in [0.1, 0.15) is 11.3 Å². The van der Waals surface area contributed by atoms with E-state index >= 15 is 0 Å². The highest BCUT2D eigenvalue weighted by Gasteiger charge is 2.17. The highest BCUT2D eigenvalue weighted by Crippen LogP contribution is 2.25. The summed E-state index contributed by atoms with van der Waals surface area (Å²) < 4.78 is 0.796. The van der Waals surface area contributed by atoms with Crippen molar-refractivity contribution < 1.29 is 4.79 Å². The van der Waals surface area contributed by atoms with Crippen LogP contribution in [0, 0.1) is 0 Å². The minimum atomic E-state index is -0.230. The maximum atomic E-state index is 12.2. The molecule has 1 N–H and O–H groups in total. The number of pyridine rings is 1. The molecule has 0 saturated carbocycles. The van der Waals surface area contributed by atoms with Gasteiger partial charge in [0.2, 0.25) is 5.91 Å². The molecule has 2 aromatic rings. The molecule has 3 heterocycles. The SMILES string of the molecule is CC(Sc1nncs1)C(=O)Nc1ccc(N2CCCC2)nc1. The van der Waals surface area contributed by atoms with Gasteiger partial charge in [0.15, 0.2) is 4.34 Å². The molecule has 0 aromatic carbocycles. The molecule has 1 fully saturated rings. The fraction of sp³-hybridized carbons (Fsp3) is 0.429. The van der Waals surface area contributed by atoms with E-state index in [2.05, 4.69) is 25.4 Å². The highest BCUT2D eigenvalue weighted by molar-refractivity contribution is 8.02. The van der Waals surface area contributed by atoms with Crippen LogP contribution in [0.15, 0.2) is 28.2 Å². The molecule has 1 atom stereocenters. The van der Waals surface area contributed by atoms with Crippen molar-refractivity contribution in [2.75, 3.05) is 23.3 Å². The Kier molecular flexibility index (Phi) is 4.89. The van der Waals surface area contributed by atoms with Crippen LogP contribution < -0.4 is 10.2 Å². The number of nitrogens with zero attached hydrogens (tertiary/aromatic N) is 4. The topological polar surface area (TPSA) is 71.0 Å². The summed E-state index contributed by atoms with van der Waals surface area (Å²) in [7, 11) is 0. The van der Waals surface area contributed by atoms with E-state index in [1.54, 1.807) is 11.7 Å². The van der Waals surface area contributed by atoms with Gasteiger partial charge >= 0.3 is 0 Å². The van der Waals surface area contributed by atoms with Gasteiger partial charge in [0.05, 0.1) is 17.1 Å². The Labute approximate surface area is 137 Å². The van der Waals surface area contributed by atoms with Crippen LogP contribution in [0.5, 0.6) is 0 Å². The van der Waals surface area contributed by atoms with Crippen LogP contribution in [-0.4, -0.2) is 39.4 Å². The van der Waals surface area contributed by atoms with E-state index in [0.717, 1.165) is 28.9 Å². The van der Waals surface area contributed by atoms with Gasteiger partial charge in [-0.3, -0.25) is 4.79 Å². The predicted molar refractivity (Wildman–Crippen MR) is 89.5 cm³/mol. The number of hydrogen-bond acceptors (Lipinski definition) is 7. The molecule has 116 valence electrons. The molecule has 2 aromatic heterocycles. The molecule has 22 heavy (non-hydrogen) atoms. The van der Waals surface area contributed by atoms with E-state index in [4.69, 9.17) is 0 Å². The number of hydrogen-bond donors (Lipinski definition) is 1. The zero-order chi connectivity index (χ0) is 15.4. The summed E-state index contributed by atoms with van der Waals surface area (Å²) >= 11 is 2.84. The summed E-state index contributed by atoms with van der Waals surface area (Å²) in [6.45, 7) is 3.98. The third-order valence-electron chi connectivity index (χ3n) is 3.43. The minimum absolute atomic E-state index is 0.0593. The van der Waals surface area contributed by atoms with Gasteiger partial charge in [-0.05, 0) is 31.9 Å². The molecule has 1 amide bonds. The molecule has 8 heteroatoms. The molecule has 1 saturated heterocycles. The average Bonchev–Trinajstić information content (AvgIpc) is 3.21. The lowest BCUT2D eigenvalue weighted by atomic mass is 10.3. The fourth-order valence-electron chi connectivity index (χ4n) is 2.26. The summed E-state index contributed by atoms with van der Waals surface area (Å²) in [6, 6.07) is 3.87. The van der Waals surface area contributed by atoms with E-state index < -0.39 is 0 Å². The Morgan fingerprint density at radius 1 is 1.41 bits per heavy atom. The first-order chi connectivity index (χ1) is 10.7. The van der Waals surface area contributed by atoms with Crippen molar-refractivity contribution in [3.8, 4) is 0 Å². The smallest absolute Gasteiger partial charge is 0.237 e. The average molecular weight is 335 g/mol. The molecule has 3 rings (SSSR count). The standard InChI is InChI=1S/C14H17N5OS2/c1-10(22-14-18-16-9-21-14)13(20)17-11-4-5-12(15-8-11)19-6-2-3-7-19/h4-5,8-10H,2-3,6-7H2,1H3,(H,17,20). The molecule has 6 nitrogen and oxygen atoms in total. The van der Waals surface area contributed by atoms with Gasteiger partial charge in [0, 0.05) is 13.1 Å². The Morgan fingerprint density at radius 3 is 2.86 bits per heavy atom. The predicted octanol–water partition coefficient (Wildman–Crippen LogP) is 2.65. The van der Waals surface area contributed by atoms with E-state index in [0.29, 0.717) is 0 Å². The number of rotatable bonds is 5. The molecule has 0 bridgehead atoms. The Hall–Kier alpha value is -1.67. The summed E-state index contributed by atoms with van der Waals surface area (Å²) in [5, 5.41) is 10.4. The zero-order valence-electron chi connectivity index (χ0n) is 12.2. The van der Waals surface area contributed by atoms with Crippen LogP contribution >= 0.6 is 23.1 Å². The van der Waals surface area contributed by atoms with Gasteiger partial charge < -0.3 is 10.2 Å². The van der Waals surface area contributed by atoms with E-state index in [1.165, 1.54) is 35.9 Å². The van der Waals surface area contributed by atoms with Gasteiger partial charge in [-0.1, -0.05) is 23.1 Å². The molecule has 1 aliphatic rings. The van der Waals surface area contributed by atoms with Crippen LogP contribution in [0.3, 0.4) is 0 Å². The number of thioether (sulfide) groups is 1. The van der Waals surface area contributed by atoms with Gasteiger partial charge in [-0.15, -0.1) is 10.2 Å². The monoisotopic (exact) mass is 335 g/mol. The van der Waals surface area contributed by atoms with Gasteiger partial charge in [-0.2, -0.15) is 0 Å². The number of aromatic nitrogens is 3. The maximum Gasteiger partial charge on any atom is 0.237 e. The second-order valence-electron chi connectivity index (χ2n) is 5.05. The molecule has 0 aliphatic carbocycles. The number of nitrogens with one attached hydrogen (secondary N) is 1. The van der Waals surface area contributed by atoms with Crippen molar-refractivity contribution in [1.29, 1.82) is 0 Å². The molecular formula is C14H17N5OS2. The number of carbonyl (C=O) groups is 1. The Balaban J connectivity index is 1.56. The lowest BCUT2D eigenvalue weighted by Crippen LogP contribution is -2.23. The lowest BCUT2D eigenvalue weighted by Gasteiger charge is -2.16. The van der Waals surface area contributed by atoms with Crippen molar-refractivity contribution in [2.24, 2.45) is 0 Å². The van der Waals surface area contributed by atoms with Crippen molar-refractivity contribution in [3.63, 3.8) is 0 Å². The Bertz CT molecular complexity index is 611. The molecular weight excluding hydrogens is 318 g/mol. The summed E-state index contributed by atoms with van der Waals surface area (Å²) in [6.07, 6.45) is 4.16. The van der Waals surface area contributed by atoms with E-state index in [-0.39, 0.29) is 11.2 Å². The Morgan fingerprint density at radius 2 is 2.23 bits per heavy atom. The zero-order valence-corrected chi connectivity index (χ0v) is 13.9. The normalized spacial score (nSPS) is 15.8. The highest BCUT2D eigenvalue weighted by atomic mass is 32.2. The third-order valence-corrected chi connectivity index (χ3v) is 5.34. The lowest BCUT2D eigenvalue weighted by molar-refractivity contribution is -0.115. The first kappa shape index (κ1) is 15.2. The largest absolute Gasteiger partial charge is 0.357 e. The van der Waals surface area contributed by atoms with E-state index in [9.17, 15) is 4.79 Å². The van der Waals surface area contributed by atoms with Crippen molar-refractivity contribution in [3.05, 3.63) is 23.8 Å². The number of carbonyl (C=O) groups excluding carboxylic acids is 1. The first-order valence-corrected chi connectivity index (χ1v) is 8.93. The molecule has 0 spiro atoms. The second kappa shape index (κ2) is 7.06. The maximum absolute atomic E-state index is 12.2. The van der Waals surface area contributed by atoms with Crippen LogP contribution in [0.1, 0.15) is 19.8 Å². The third kappa shape index (κ3) is 3.75. The fourth-order valence-corrected chi connectivity index (χ4v) is 3.88. The van der Waals surface area contributed by atoms with Crippen LogP contribution in [0.2, 0.25) is 0 Å². The number of amides is 1. The van der Waals surface area contributed by atoms with Gasteiger partial charge in [-0.25, -0.2) is 4.98 Å². The van der Waals surface area contributed by atoms with Crippen molar-refractivity contribution in [2.45, 2.75) is 29.4 Å². The van der Waals surface area contributed by atoms with Crippen molar-refractivity contribution in [1.82, 2.24) is 15.2 Å². The van der Waals surface area contributed by atoms with E-state index in [1.807, 2.05) is 19.1 Å². The van der Waals surface area contributed by atoms with Crippen LogP contribution in [0.25, 0.3) is 0 Å². The summed E-state index contributed by atoms with van der Waals surface area (Å²) in [4.78, 5) is 18.9. The molecule has 1 aliphatic heterocycles. The van der Waals surface area contributed by atoms with Gasteiger partial charge in [0.25, 0.3) is 0 Å².